The SMILES string of the molecule is COC1CCCC1NC(=O)N1CCC(CCC(=O)O)CC1. The largest absolute Gasteiger partial charge is 0.481 e. The average molecular weight is 298 g/mol. The smallest absolute Gasteiger partial charge is 0.317 e. The summed E-state index contributed by atoms with van der Waals surface area (Å²) in [5, 5.41) is 11.8. The molecule has 0 radical (unpaired) electrons. The summed E-state index contributed by atoms with van der Waals surface area (Å²) in [6.07, 6.45) is 5.99. The van der Waals surface area contributed by atoms with Crippen LogP contribution >= 0.6 is 0 Å². The number of ether oxygens (including phenoxy) is 1. The highest BCUT2D eigenvalue weighted by Gasteiger charge is 2.31. The van der Waals surface area contributed by atoms with Crippen LogP contribution in [-0.2, 0) is 9.53 Å². The Morgan fingerprint density at radius 1 is 1.24 bits per heavy atom. The van der Waals surface area contributed by atoms with Gasteiger partial charge in [0.25, 0.3) is 0 Å². The highest BCUT2D eigenvalue weighted by molar-refractivity contribution is 5.74. The number of methoxy groups -OCH3 is 1. The maximum Gasteiger partial charge on any atom is 0.317 e. The molecule has 21 heavy (non-hydrogen) atoms. The summed E-state index contributed by atoms with van der Waals surface area (Å²) in [6.45, 7) is 1.45. The van der Waals surface area contributed by atoms with Gasteiger partial charge in [0, 0.05) is 26.6 Å². The number of likely N-dealkylation sites (tertiary alicyclic amines) is 1. The van der Waals surface area contributed by atoms with Crippen LogP contribution in [-0.4, -0.2) is 54.4 Å². The Labute approximate surface area is 125 Å². The number of urea groups is 1. The number of carbonyl (C=O) groups is 2. The van der Waals surface area contributed by atoms with Crippen molar-refractivity contribution in [2.75, 3.05) is 20.2 Å². The van der Waals surface area contributed by atoms with Gasteiger partial charge in [-0.25, -0.2) is 4.79 Å². The molecule has 2 N–H and O–H groups in total. The van der Waals surface area contributed by atoms with Crippen LogP contribution in [0, 0.1) is 5.92 Å². The number of hydrogen-bond acceptors (Lipinski definition) is 3. The Morgan fingerprint density at radius 3 is 2.57 bits per heavy atom. The van der Waals surface area contributed by atoms with Crippen molar-refractivity contribution >= 4 is 12.0 Å². The van der Waals surface area contributed by atoms with Crippen LogP contribution in [0.25, 0.3) is 0 Å². The van der Waals surface area contributed by atoms with Gasteiger partial charge >= 0.3 is 12.0 Å². The molecule has 0 aromatic rings. The van der Waals surface area contributed by atoms with Crippen LogP contribution in [0.1, 0.15) is 44.9 Å². The Kier molecular flexibility index (Phi) is 5.85. The van der Waals surface area contributed by atoms with Crippen molar-refractivity contribution in [1.29, 1.82) is 0 Å². The molecule has 2 unspecified atom stereocenters. The summed E-state index contributed by atoms with van der Waals surface area (Å²) in [7, 11) is 1.70. The summed E-state index contributed by atoms with van der Waals surface area (Å²) in [5.74, 6) is -0.301. The second-order valence-corrected chi connectivity index (χ2v) is 6.12. The van der Waals surface area contributed by atoms with E-state index < -0.39 is 5.97 Å². The maximum absolute atomic E-state index is 12.3. The summed E-state index contributed by atoms with van der Waals surface area (Å²) in [4.78, 5) is 24.7. The van der Waals surface area contributed by atoms with E-state index in [1.807, 2.05) is 4.90 Å². The predicted octanol–water partition coefficient (Wildman–Crippen LogP) is 1.84. The number of carbonyl (C=O) groups excluding carboxylic acids is 1. The molecule has 1 saturated carbocycles. The highest BCUT2D eigenvalue weighted by Crippen LogP contribution is 2.24. The van der Waals surface area contributed by atoms with E-state index in [1.54, 1.807) is 7.11 Å². The van der Waals surface area contributed by atoms with Gasteiger partial charge in [-0.05, 0) is 44.4 Å². The summed E-state index contributed by atoms with van der Waals surface area (Å²) in [5.41, 5.74) is 0. The van der Waals surface area contributed by atoms with E-state index in [0.29, 0.717) is 5.92 Å². The monoisotopic (exact) mass is 298 g/mol. The summed E-state index contributed by atoms with van der Waals surface area (Å²) < 4.78 is 5.39. The molecular formula is C15H26N2O4. The third-order valence-electron chi connectivity index (χ3n) is 4.73. The van der Waals surface area contributed by atoms with Crippen LogP contribution in [0.4, 0.5) is 4.79 Å². The second kappa shape index (κ2) is 7.64. The summed E-state index contributed by atoms with van der Waals surface area (Å²) >= 11 is 0. The molecule has 120 valence electrons. The molecule has 6 nitrogen and oxygen atoms in total. The molecule has 1 aliphatic heterocycles. The number of nitrogens with one attached hydrogen (secondary N) is 1. The minimum Gasteiger partial charge on any atom is -0.481 e. The third-order valence-corrected chi connectivity index (χ3v) is 4.73. The zero-order chi connectivity index (χ0) is 15.2. The number of amides is 2. The van der Waals surface area contributed by atoms with E-state index in [4.69, 9.17) is 9.84 Å². The lowest BCUT2D eigenvalue weighted by atomic mass is 9.92. The molecule has 1 heterocycles. The molecule has 2 amide bonds. The first-order chi connectivity index (χ1) is 10.1. The van der Waals surface area contributed by atoms with Crippen molar-refractivity contribution < 1.29 is 19.4 Å². The van der Waals surface area contributed by atoms with E-state index in [2.05, 4.69) is 5.32 Å². The summed E-state index contributed by atoms with van der Waals surface area (Å²) in [6, 6.07) is 0.132. The van der Waals surface area contributed by atoms with Gasteiger partial charge in [0.15, 0.2) is 0 Å². The van der Waals surface area contributed by atoms with Crippen LogP contribution in [0.15, 0.2) is 0 Å². The number of rotatable bonds is 5. The van der Waals surface area contributed by atoms with E-state index in [9.17, 15) is 9.59 Å². The number of hydrogen-bond donors (Lipinski definition) is 2. The van der Waals surface area contributed by atoms with Crippen molar-refractivity contribution in [3.05, 3.63) is 0 Å². The van der Waals surface area contributed by atoms with Crippen molar-refractivity contribution in [2.24, 2.45) is 5.92 Å². The highest BCUT2D eigenvalue weighted by atomic mass is 16.5. The molecule has 2 fully saturated rings. The first-order valence-corrected chi connectivity index (χ1v) is 7.90. The molecule has 6 heteroatoms. The van der Waals surface area contributed by atoms with E-state index in [0.717, 1.165) is 51.6 Å². The van der Waals surface area contributed by atoms with E-state index in [-0.39, 0.29) is 24.6 Å². The van der Waals surface area contributed by atoms with Crippen molar-refractivity contribution in [2.45, 2.75) is 57.1 Å². The molecule has 1 saturated heterocycles. The van der Waals surface area contributed by atoms with Crippen LogP contribution < -0.4 is 5.32 Å². The fraction of sp³-hybridized carbons (Fsp3) is 0.867. The van der Waals surface area contributed by atoms with Gasteiger partial charge in [-0.3, -0.25) is 4.79 Å². The molecule has 2 aliphatic rings. The first kappa shape index (κ1) is 16.1. The normalized spacial score (nSPS) is 26.8. The van der Waals surface area contributed by atoms with E-state index >= 15 is 0 Å². The third kappa shape index (κ3) is 4.59. The van der Waals surface area contributed by atoms with Gasteiger partial charge in [-0.1, -0.05) is 0 Å². The molecule has 0 spiro atoms. The Hall–Kier alpha value is -1.30. The molecular weight excluding hydrogens is 272 g/mol. The van der Waals surface area contributed by atoms with Gasteiger partial charge in [0.05, 0.1) is 12.1 Å². The molecule has 0 aromatic heterocycles. The van der Waals surface area contributed by atoms with Crippen molar-refractivity contribution in [3.63, 3.8) is 0 Å². The van der Waals surface area contributed by atoms with Crippen molar-refractivity contribution in [3.8, 4) is 0 Å². The predicted molar refractivity (Wildman–Crippen MR) is 78.1 cm³/mol. The van der Waals surface area contributed by atoms with Gasteiger partial charge in [-0.15, -0.1) is 0 Å². The molecule has 2 rings (SSSR count). The standard InChI is InChI=1S/C15H26N2O4/c1-21-13-4-2-3-12(13)16-15(20)17-9-7-11(8-10-17)5-6-14(18)19/h11-13H,2-10H2,1H3,(H,16,20)(H,18,19). The van der Waals surface area contributed by atoms with Crippen LogP contribution in [0.5, 0.6) is 0 Å². The van der Waals surface area contributed by atoms with Gasteiger partial charge < -0.3 is 20.1 Å². The molecule has 1 aliphatic carbocycles. The van der Waals surface area contributed by atoms with Gasteiger partial charge in [0.2, 0.25) is 0 Å². The second-order valence-electron chi connectivity index (χ2n) is 6.12. The minimum absolute atomic E-state index is 0.000588. The zero-order valence-corrected chi connectivity index (χ0v) is 12.7. The Morgan fingerprint density at radius 2 is 1.95 bits per heavy atom. The molecule has 0 aromatic carbocycles. The molecule has 0 bridgehead atoms. The Bertz CT molecular complexity index is 367. The number of carboxylic acids is 1. The number of nitrogens with zero attached hydrogens (tertiary/aromatic N) is 1. The van der Waals surface area contributed by atoms with Crippen molar-refractivity contribution in [1.82, 2.24) is 10.2 Å². The number of piperidine rings is 1. The average Bonchev–Trinajstić information content (AvgIpc) is 2.92. The topological polar surface area (TPSA) is 78.9 Å². The van der Waals surface area contributed by atoms with Crippen LogP contribution in [0.3, 0.4) is 0 Å². The first-order valence-electron chi connectivity index (χ1n) is 7.90. The number of aliphatic carboxylic acids is 1. The lowest BCUT2D eigenvalue weighted by molar-refractivity contribution is -0.137. The lowest BCUT2D eigenvalue weighted by Crippen LogP contribution is -2.50. The Balaban J connectivity index is 1.71. The maximum atomic E-state index is 12.3. The van der Waals surface area contributed by atoms with Crippen LogP contribution in [0.2, 0.25) is 0 Å². The quantitative estimate of drug-likeness (QED) is 0.811. The van der Waals surface area contributed by atoms with Gasteiger partial charge in [0.1, 0.15) is 0 Å². The van der Waals surface area contributed by atoms with Gasteiger partial charge in [-0.2, -0.15) is 0 Å². The fourth-order valence-corrected chi connectivity index (χ4v) is 3.38. The fourth-order valence-electron chi connectivity index (χ4n) is 3.38. The van der Waals surface area contributed by atoms with E-state index in [1.165, 1.54) is 0 Å². The zero-order valence-electron chi connectivity index (χ0n) is 12.7. The number of carboxylic acid groups (broad SMARTS) is 1. The molecule has 2 atom stereocenters. The minimum atomic E-state index is -0.734. The lowest BCUT2D eigenvalue weighted by Gasteiger charge is -2.33.